The lowest BCUT2D eigenvalue weighted by molar-refractivity contribution is -0.115. The summed E-state index contributed by atoms with van der Waals surface area (Å²) in [5.74, 6) is -0.101. The van der Waals surface area contributed by atoms with Gasteiger partial charge in [0.1, 0.15) is 0 Å². The number of nitrogens with two attached hydrogens (primary N) is 1. The highest BCUT2D eigenvalue weighted by atomic mass is 16.1. The lowest BCUT2D eigenvalue weighted by Crippen LogP contribution is -2.16. The van der Waals surface area contributed by atoms with Gasteiger partial charge in [-0.2, -0.15) is 5.26 Å². The van der Waals surface area contributed by atoms with Crippen molar-refractivity contribution in [3.63, 3.8) is 0 Å². The van der Waals surface area contributed by atoms with Gasteiger partial charge in [-0.3, -0.25) is 4.79 Å². The molecule has 0 radical (unpaired) electrons. The predicted octanol–water partition coefficient (Wildman–Crippen LogP) is 2.20. The van der Waals surface area contributed by atoms with Crippen LogP contribution in [0.3, 0.4) is 0 Å². The first kappa shape index (κ1) is 13.8. The largest absolute Gasteiger partial charge is 0.326 e. The van der Waals surface area contributed by atoms with E-state index in [0.717, 1.165) is 11.1 Å². The normalized spacial score (nSPS) is 9.80. The lowest BCUT2D eigenvalue weighted by atomic mass is 10.0. The lowest BCUT2D eigenvalue weighted by Gasteiger charge is -2.08. The van der Waals surface area contributed by atoms with Crippen LogP contribution < -0.4 is 11.1 Å². The van der Waals surface area contributed by atoms with E-state index in [0.29, 0.717) is 17.8 Å². The van der Waals surface area contributed by atoms with Crippen LogP contribution in [-0.4, -0.2) is 5.91 Å². The minimum absolute atomic E-state index is 0.101. The van der Waals surface area contributed by atoms with Gasteiger partial charge in [-0.15, -0.1) is 0 Å². The number of hydrogen-bond acceptors (Lipinski definition) is 3. The van der Waals surface area contributed by atoms with Gasteiger partial charge in [0.25, 0.3) is 0 Å². The number of nitrogens with one attached hydrogen (secondary N) is 1. The van der Waals surface area contributed by atoms with E-state index in [1.165, 1.54) is 0 Å². The van der Waals surface area contributed by atoms with Gasteiger partial charge in [0.15, 0.2) is 0 Å². The highest BCUT2D eigenvalue weighted by molar-refractivity contribution is 5.92. The summed E-state index contributed by atoms with van der Waals surface area (Å²) in [5, 5.41) is 11.5. The Labute approximate surface area is 117 Å². The Kier molecular flexibility index (Phi) is 4.48. The number of benzene rings is 2. The second-order valence-electron chi connectivity index (χ2n) is 4.39. The van der Waals surface area contributed by atoms with E-state index in [1.54, 1.807) is 24.3 Å². The molecule has 2 aromatic rings. The van der Waals surface area contributed by atoms with Gasteiger partial charge in [-0.05, 0) is 35.4 Å². The van der Waals surface area contributed by atoms with Crippen LogP contribution in [0.4, 0.5) is 5.69 Å². The summed E-state index contributed by atoms with van der Waals surface area (Å²) in [6.07, 6.45) is 0.285. The van der Waals surface area contributed by atoms with Crippen LogP contribution in [-0.2, 0) is 17.8 Å². The summed E-state index contributed by atoms with van der Waals surface area (Å²) in [5.41, 5.74) is 8.80. The van der Waals surface area contributed by atoms with Crippen LogP contribution in [0.1, 0.15) is 16.7 Å². The van der Waals surface area contributed by atoms with Crippen molar-refractivity contribution < 1.29 is 4.79 Å². The van der Waals surface area contributed by atoms with Crippen molar-refractivity contribution in [1.82, 2.24) is 0 Å². The summed E-state index contributed by atoms with van der Waals surface area (Å²) in [7, 11) is 0. The highest BCUT2D eigenvalue weighted by Gasteiger charge is 2.07. The molecule has 4 nitrogen and oxygen atoms in total. The fourth-order valence-corrected chi connectivity index (χ4v) is 1.94. The fourth-order valence-electron chi connectivity index (χ4n) is 1.94. The van der Waals surface area contributed by atoms with Crippen LogP contribution in [0.25, 0.3) is 0 Å². The van der Waals surface area contributed by atoms with E-state index in [-0.39, 0.29) is 12.3 Å². The summed E-state index contributed by atoms with van der Waals surface area (Å²) in [6.45, 7) is 0.417. The molecule has 3 N–H and O–H groups in total. The zero-order valence-corrected chi connectivity index (χ0v) is 11.0. The molecular formula is C16H15N3O. The van der Waals surface area contributed by atoms with E-state index in [9.17, 15) is 4.79 Å². The molecule has 0 unspecified atom stereocenters. The van der Waals surface area contributed by atoms with Crippen molar-refractivity contribution in [1.29, 1.82) is 5.26 Å². The van der Waals surface area contributed by atoms with Crippen LogP contribution in [0, 0.1) is 11.3 Å². The Morgan fingerprint density at radius 1 is 1.10 bits per heavy atom. The fraction of sp³-hybridized carbons (Fsp3) is 0.125. The Morgan fingerprint density at radius 2 is 1.75 bits per heavy atom. The quantitative estimate of drug-likeness (QED) is 0.889. The Hall–Kier alpha value is -2.64. The number of carbonyl (C=O) groups excluding carboxylic acids is 1. The maximum absolute atomic E-state index is 12.0. The first-order valence-electron chi connectivity index (χ1n) is 6.30. The number of anilines is 1. The number of hydrogen-bond donors (Lipinski definition) is 2. The molecule has 1 amide bonds. The van der Waals surface area contributed by atoms with E-state index in [1.807, 2.05) is 30.3 Å². The number of carbonyl (C=O) groups is 1. The molecule has 0 saturated carbocycles. The third kappa shape index (κ3) is 3.44. The van der Waals surface area contributed by atoms with Crippen LogP contribution in [0.15, 0.2) is 48.5 Å². The van der Waals surface area contributed by atoms with Crippen LogP contribution in [0.2, 0.25) is 0 Å². The summed E-state index contributed by atoms with van der Waals surface area (Å²) >= 11 is 0. The minimum atomic E-state index is -0.101. The average Bonchev–Trinajstić information content (AvgIpc) is 2.48. The highest BCUT2D eigenvalue weighted by Crippen LogP contribution is 2.12. The van der Waals surface area contributed by atoms with Crippen LogP contribution >= 0.6 is 0 Å². The topological polar surface area (TPSA) is 78.9 Å². The molecule has 0 aliphatic carbocycles. The minimum Gasteiger partial charge on any atom is -0.326 e. The second kappa shape index (κ2) is 6.50. The Bertz CT molecular complexity index is 642. The van der Waals surface area contributed by atoms with Crippen LogP contribution in [0.5, 0.6) is 0 Å². The standard InChI is InChI=1S/C16H15N3O/c17-10-12-5-7-15(8-6-12)19-16(20)9-13-3-1-2-4-14(13)11-18/h1-8H,9,11,18H2,(H,19,20). The maximum atomic E-state index is 12.0. The monoisotopic (exact) mass is 265 g/mol. The molecule has 2 rings (SSSR count). The second-order valence-corrected chi connectivity index (χ2v) is 4.39. The van der Waals surface area contributed by atoms with E-state index < -0.39 is 0 Å². The average molecular weight is 265 g/mol. The van der Waals surface area contributed by atoms with Crippen molar-refractivity contribution in [2.45, 2.75) is 13.0 Å². The van der Waals surface area contributed by atoms with Gasteiger partial charge in [0, 0.05) is 12.2 Å². The van der Waals surface area contributed by atoms with Gasteiger partial charge in [-0.1, -0.05) is 24.3 Å². The molecule has 0 aliphatic heterocycles. The third-order valence-corrected chi connectivity index (χ3v) is 2.99. The summed E-state index contributed by atoms with van der Waals surface area (Å²) in [4.78, 5) is 12.0. The molecular weight excluding hydrogens is 250 g/mol. The summed E-state index contributed by atoms with van der Waals surface area (Å²) in [6, 6.07) is 16.4. The van der Waals surface area contributed by atoms with E-state index in [4.69, 9.17) is 11.0 Å². The molecule has 20 heavy (non-hydrogen) atoms. The zero-order chi connectivity index (χ0) is 14.4. The van der Waals surface area contributed by atoms with Crippen molar-refractivity contribution >= 4 is 11.6 Å². The summed E-state index contributed by atoms with van der Waals surface area (Å²) < 4.78 is 0. The molecule has 0 heterocycles. The van der Waals surface area contributed by atoms with Crippen molar-refractivity contribution in [2.75, 3.05) is 5.32 Å². The molecule has 0 aromatic heterocycles. The van der Waals surface area contributed by atoms with Gasteiger partial charge < -0.3 is 11.1 Å². The van der Waals surface area contributed by atoms with Crippen molar-refractivity contribution in [2.24, 2.45) is 5.73 Å². The zero-order valence-electron chi connectivity index (χ0n) is 11.0. The molecule has 0 atom stereocenters. The molecule has 0 aliphatic rings. The number of nitrogens with zero attached hydrogens (tertiary/aromatic N) is 1. The number of rotatable bonds is 4. The molecule has 2 aromatic carbocycles. The first-order valence-corrected chi connectivity index (χ1v) is 6.30. The van der Waals surface area contributed by atoms with Crippen molar-refractivity contribution in [3.05, 3.63) is 65.2 Å². The van der Waals surface area contributed by atoms with E-state index >= 15 is 0 Å². The van der Waals surface area contributed by atoms with Gasteiger partial charge in [0.05, 0.1) is 18.1 Å². The molecule has 0 spiro atoms. The SMILES string of the molecule is N#Cc1ccc(NC(=O)Cc2ccccc2CN)cc1. The van der Waals surface area contributed by atoms with Gasteiger partial charge in [-0.25, -0.2) is 0 Å². The maximum Gasteiger partial charge on any atom is 0.228 e. The van der Waals surface area contributed by atoms with Gasteiger partial charge in [0.2, 0.25) is 5.91 Å². The number of amides is 1. The molecule has 0 saturated heterocycles. The Morgan fingerprint density at radius 3 is 2.35 bits per heavy atom. The molecule has 4 heteroatoms. The van der Waals surface area contributed by atoms with Crippen molar-refractivity contribution in [3.8, 4) is 6.07 Å². The number of nitriles is 1. The molecule has 0 fully saturated rings. The van der Waals surface area contributed by atoms with E-state index in [2.05, 4.69) is 5.32 Å². The molecule has 0 bridgehead atoms. The van der Waals surface area contributed by atoms with Gasteiger partial charge >= 0.3 is 0 Å². The first-order chi connectivity index (χ1) is 9.72. The predicted molar refractivity (Wildman–Crippen MR) is 77.8 cm³/mol. The third-order valence-electron chi connectivity index (χ3n) is 2.99. The smallest absolute Gasteiger partial charge is 0.228 e. The Balaban J connectivity index is 2.03. The molecule has 100 valence electrons.